The van der Waals surface area contributed by atoms with Gasteiger partial charge in [-0.15, -0.1) is 0 Å². The first-order valence-electron chi connectivity index (χ1n) is 7.03. The molecule has 0 radical (unpaired) electrons. The van der Waals surface area contributed by atoms with Crippen LogP contribution in [0.3, 0.4) is 0 Å². The summed E-state index contributed by atoms with van der Waals surface area (Å²) >= 11 is 0. The third kappa shape index (κ3) is 4.30. The number of nitrogens with one attached hydrogen (secondary N) is 2. The van der Waals surface area contributed by atoms with E-state index < -0.39 is 0 Å². The molecule has 0 amide bonds. The molecule has 1 atom stereocenters. The second-order valence-electron chi connectivity index (χ2n) is 6.08. The molecule has 3 nitrogen and oxygen atoms in total. The van der Waals surface area contributed by atoms with Gasteiger partial charge >= 0.3 is 0 Å². The third-order valence-electron chi connectivity index (χ3n) is 3.75. The molecule has 2 N–H and O–H groups in total. The van der Waals surface area contributed by atoms with E-state index in [9.17, 15) is 0 Å². The number of hydrogen-bond donors (Lipinski definition) is 2. The Morgan fingerprint density at radius 2 is 2.28 bits per heavy atom. The Labute approximate surface area is 110 Å². The van der Waals surface area contributed by atoms with Gasteiger partial charge in [0.05, 0.1) is 5.69 Å². The average Bonchev–Trinajstić information content (AvgIpc) is 2.35. The normalized spacial score (nSPS) is 22.7. The molecule has 2 rings (SSSR count). The van der Waals surface area contributed by atoms with Gasteiger partial charge in [0, 0.05) is 31.5 Å². The molecule has 100 valence electrons. The molecule has 18 heavy (non-hydrogen) atoms. The summed E-state index contributed by atoms with van der Waals surface area (Å²) in [4.78, 5) is 4.09. The summed E-state index contributed by atoms with van der Waals surface area (Å²) in [5.74, 6) is 0. The lowest BCUT2D eigenvalue weighted by molar-refractivity contribution is 0.200. The van der Waals surface area contributed by atoms with Crippen molar-refractivity contribution >= 4 is 5.69 Å². The largest absolute Gasteiger partial charge is 0.383 e. The van der Waals surface area contributed by atoms with Gasteiger partial charge in [-0.3, -0.25) is 4.98 Å². The maximum Gasteiger partial charge on any atom is 0.0527 e. The SMILES string of the molecule is CC1(C)CCCC(NCCNc2cccnc2)C1. The first kappa shape index (κ1) is 13.3. The van der Waals surface area contributed by atoms with Crippen molar-refractivity contribution in [3.63, 3.8) is 0 Å². The predicted octanol–water partition coefficient (Wildman–Crippen LogP) is 3.05. The van der Waals surface area contributed by atoms with Crippen molar-refractivity contribution in [2.45, 2.75) is 45.6 Å². The van der Waals surface area contributed by atoms with Crippen LogP contribution in [0.15, 0.2) is 24.5 Å². The number of anilines is 1. The maximum absolute atomic E-state index is 4.09. The van der Waals surface area contributed by atoms with Crippen LogP contribution < -0.4 is 10.6 Å². The van der Waals surface area contributed by atoms with E-state index in [0.717, 1.165) is 18.8 Å². The zero-order chi connectivity index (χ0) is 12.8. The highest BCUT2D eigenvalue weighted by Gasteiger charge is 2.27. The number of aromatic nitrogens is 1. The fraction of sp³-hybridized carbons (Fsp3) is 0.667. The highest BCUT2D eigenvalue weighted by atomic mass is 15.0. The zero-order valence-electron chi connectivity index (χ0n) is 11.6. The van der Waals surface area contributed by atoms with Crippen LogP contribution in [-0.4, -0.2) is 24.1 Å². The quantitative estimate of drug-likeness (QED) is 0.785. The molecule has 1 aromatic heterocycles. The van der Waals surface area contributed by atoms with Crippen molar-refractivity contribution in [1.29, 1.82) is 0 Å². The Hall–Kier alpha value is -1.09. The third-order valence-corrected chi connectivity index (χ3v) is 3.75. The summed E-state index contributed by atoms with van der Waals surface area (Å²) in [5.41, 5.74) is 1.62. The number of pyridine rings is 1. The van der Waals surface area contributed by atoms with Gasteiger partial charge in [-0.1, -0.05) is 20.3 Å². The van der Waals surface area contributed by atoms with Crippen LogP contribution in [0.25, 0.3) is 0 Å². The van der Waals surface area contributed by atoms with Gasteiger partial charge < -0.3 is 10.6 Å². The minimum Gasteiger partial charge on any atom is -0.383 e. The van der Waals surface area contributed by atoms with E-state index in [4.69, 9.17) is 0 Å². The molecule has 1 saturated carbocycles. The molecule has 0 bridgehead atoms. The summed E-state index contributed by atoms with van der Waals surface area (Å²) in [5, 5.41) is 7.04. The van der Waals surface area contributed by atoms with Crippen LogP contribution in [0, 0.1) is 5.41 Å². The Bertz CT molecular complexity index is 348. The minimum absolute atomic E-state index is 0.521. The van der Waals surface area contributed by atoms with E-state index in [-0.39, 0.29) is 0 Å². The molecular formula is C15H25N3. The molecule has 0 aliphatic heterocycles. The highest BCUT2D eigenvalue weighted by molar-refractivity contribution is 5.39. The van der Waals surface area contributed by atoms with E-state index in [1.807, 2.05) is 12.3 Å². The molecule has 1 aromatic rings. The van der Waals surface area contributed by atoms with Crippen LogP contribution in [0.4, 0.5) is 5.69 Å². The summed E-state index contributed by atoms with van der Waals surface area (Å²) in [6.07, 6.45) is 9.04. The number of hydrogen-bond acceptors (Lipinski definition) is 3. The smallest absolute Gasteiger partial charge is 0.0527 e. The molecule has 1 unspecified atom stereocenters. The molecule has 1 aliphatic rings. The van der Waals surface area contributed by atoms with Gasteiger partial charge in [0.1, 0.15) is 0 Å². The van der Waals surface area contributed by atoms with Crippen LogP contribution in [0.2, 0.25) is 0 Å². The van der Waals surface area contributed by atoms with Crippen LogP contribution in [0.5, 0.6) is 0 Å². The van der Waals surface area contributed by atoms with Crippen LogP contribution in [0.1, 0.15) is 39.5 Å². The molecule has 0 saturated heterocycles. The van der Waals surface area contributed by atoms with E-state index >= 15 is 0 Å². The second-order valence-corrected chi connectivity index (χ2v) is 6.08. The van der Waals surface area contributed by atoms with E-state index in [0.29, 0.717) is 11.5 Å². The number of nitrogens with zero attached hydrogens (tertiary/aromatic N) is 1. The summed E-state index contributed by atoms with van der Waals surface area (Å²) in [7, 11) is 0. The Morgan fingerprint density at radius 3 is 3.00 bits per heavy atom. The lowest BCUT2D eigenvalue weighted by Gasteiger charge is -2.35. The van der Waals surface area contributed by atoms with Crippen molar-refractivity contribution in [3.05, 3.63) is 24.5 Å². The van der Waals surface area contributed by atoms with Gasteiger partial charge in [-0.2, -0.15) is 0 Å². The van der Waals surface area contributed by atoms with Gasteiger partial charge in [0.25, 0.3) is 0 Å². The predicted molar refractivity (Wildman–Crippen MR) is 76.8 cm³/mol. The summed E-state index contributed by atoms with van der Waals surface area (Å²) in [6.45, 7) is 6.75. The Morgan fingerprint density at radius 1 is 1.39 bits per heavy atom. The van der Waals surface area contributed by atoms with E-state index in [2.05, 4.69) is 35.5 Å². The Balaban J connectivity index is 1.64. The van der Waals surface area contributed by atoms with Gasteiger partial charge in [0.15, 0.2) is 0 Å². The highest BCUT2D eigenvalue weighted by Crippen LogP contribution is 2.34. The molecule has 0 spiro atoms. The van der Waals surface area contributed by atoms with Gasteiger partial charge in [0.2, 0.25) is 0 Å². The monoisotopic (exact) mass is 247 g/mol. The number of rotatable bonds is 5. The first-order valence-corrected chi connectivity index (χ1v) is 7.03. The molecular weight excluding hydrogens is 222 g/mol. The average molecular weight is 247 g/mol. The first-order chi connectivity index (χ1) is 8.66. The van der Waals surface area contributed by atoms with Gasteiger partial charge in [-0.05, 0) is 36.8 Å². The van der Waals surface area contributed by atoms with Gasteiger partial charge in [-0.25, -0.2) is 0 Å². The van der Waals surface area contributed by atoms with Crippen molar-refractivity contribution in [2.24, 2.45) is 5.41 Å². The Kier molecular flexibility index (Phi) is 4.59. The van der Waals surface area contributed by atoms with Crippen molar-refractivity contribution in [1.82, 2.24) is 10.3 Å². The van der Waals surface area contributed by atoms with E-state index in [1.54, 1.807) is 6.20 Å². The van der Waals surface area contributed by atoms with Crippen molar-refractivity contribution in [3.8, 4) is 0 Å². The topological polar surface area (TPSA) is 37.0 Å². The lowest BCUT2D eigenvalue weighted by atomic mass is 9.75. The molecule has 1 fully saturated rings. The zero-order valence-corrected chi connectivity index (χ0v) is 11.6. The fourth-order valence-corrected chi connectivity index (χ4v) is 2.82. The second kappa shape index (κ2) is 6.19. The van der Waals surface area contributed by atoms with Crippen molar-refractivity contribution in [2.75, 3.05) is 18.4 Å². The molecule has 1 heterocycles. The lowest BCUT2D eigenvalue weighted by Crippen LogP contribution is -2.39. The fourth-order valence-electron chi connectivity index (χ4n) is 2.82. The molecule has 3 heteroatoms. The molecule has 1 aliphatic carbocycles. The maximum atomic E-state index is 4.09. The standard InChI is InChI=1S/C15H25N3/c1-15(2)7-3-5-13(11-15)17-9-10-18-14-6-4-8-16-12-14/h4,6,8,12-13,17-18H,3,5,7,9-11H2,1-2H3. The molecule has 0 aromatic carbocycles. The van der Waals surface area contributed by atoms with Crippen LogP contribution >= 0.6 is 0 Å². The van der Waals surface area contributed by atoms with E-state index in [1.165, 1.54) is 25.7 Å². The summed E-state index contributed by atoms with van der Waals surface area (Å²) < 4.78 is 0. The summed E-state index contributed by atoms with van der Waals surface area (Å²) in [6, 6.07) is 4.71. The van der Waals surface area contributed by atoms with Crippen molar-refractivity contribution < 1.29 is 0 Å². The minimum atomic E-state index is 0.521. The van der Waals surface area contributed by atoms with Crippen LogP contribution in [-0.2, 0) is 0 Å².